The van der Waals surface area contributed by atoms with Crippen molar-refractivity contribution in [1.82, 2.24) is 0 Å². The average Bonchev–Trinajstić information content (AvgIpc) is 2.48. The minimum Gasteiger partial charge on any atom is -0.494 e. The van der Waals surface area contributed by atoms with Gasteiger partial charge in [-0.05, 0) is 38.5 Å². The van der Waals surface area contributed by atoms with E-state index in [1.807, 2.05) is 56.3 Å². The van der Waals surface area contributed by atoms with Crippen molar-refractivity contribution in [2.75, 3.05) is 11.9 Å². The predicted octanol–water partition coefficient (Wildman–Crippen LogP) is 4.44. The fraction of sp³-hybridized carbons (Fsp3) is 0.278. The fourth-order valence-electron chi connectivity index (χ4n) is 2.37. The van der Waals surface area contributed by atoms with Gasteiger partial charge in [-0.15, -0.1) is 0 Å². The number of anilines is 1. The molecule has 3 nitrogen and oxygen atoms in total. The standard InChI is InChI=1S/C18H20N2O/c1-4-21-18-11-6-5-9-15(18)14(3)20-17-10-7-8-13(2)16(17)12-19/h5-11,14,20H,4H2,1-3H3. The molecule has 0 aliphatic rings. The third kappa shape index (κ3) is 3.35. The van der Waals surface area contributed by atoms with Gasteiger partial charge in [0.2, 0.25) is 0 Å². The first-order valence-electron chi connectivity index (χ1n) is 7.15. The normalized spacial score (nSPS) is 11.5. The first-order chi connectivity index (χ1) is 10.2. The molecule has 2 aromatic rings. The van der Waals surface area contributed by atoms with E-state index in [4.69, 9.17) is 4.74 Å². The topological polar surface area (TPSA) is 45.0 Å². The lowest BCUT2D eigenvalue weighted by Gasteiger charge is -2.20. The summed E-state index contributed by atoms with van der Waals surface area (Å²) >= 11 is 0. The van der Waals surface area contributed by atoms with Crippen LogP contribution in [-0.4, -0.2) is 6.61 Å². The van der Waals surface area contributed by atoms with Gasteiger partial charge in [0.15, 0.2) is 0 Å². The van der Waals surface area contributed by atoms with E-state index >= 15 is 0 Å². The molecule has 0 saturated heterocycles. The van der Waals surface area contributed by atoms with Crippen LogP contribution in [0.25, 0.3) is 0 Å². The molecular weight excluding hydrogens is 260 g/mol. The second-order valence-electron chi connectivity index (χ2n) is 4.95. The van der Waals surface area contributed by atoms with Crippen LogP contribution >= 0.6 is 0 Å². The summed E-state index contributed by atoms with van der Waals surface area (Å²) in [5.74, 6) is 0.881. The molecule has 0 heterocycles. The molecule has 1 N–H and O–H groups in total. The van der Waals surface area contributed by atoms with Crippen LogP contribution in [0.3, 0.4) is 0 Å². The Morgan fingerprint density at radius 1 is 1.19 bits per heavy atom. The molecule has 0 bridgehead atoms. The number of rotatable bonds is 5. The van der Waals surface area contributed by atoms with Gasteiger partial charge in [0.25, 0.3) is 0 Å². The summed E-state index contributed by atoms with van der Waals surface area (Å²) in [7, 11) is 0. The van der Waals surface area contributed by atoms with Crippen molar-refractivity contribution in [3.8, 4) is 11.8 Å². The summed E-state index contributed by atoms with van der Waals surface area (Å²) in [5.41, 5.74) is 3.62. The van der Waals surface area contributed by atoms with Gasteiger partial charge in [0.05, 0.1) is 23.9 Å². The summed E-state index contributed by atoms with van der Waals surface area (Å²) in [5, 5.41) is 12.7. The maximum Gasteiger partial charge on any atom is 0.124 e. The molecule has 0 aromatic heterocycles. The van der Waals surface area contributed by atoms with Gasteiger partial charge in [-0.2, -0.15) is 5.26 Å². The number of ether oxygens (including phenoxy) is 1. The molecule has 21 heavy (non-hydrogen) atoms. The molecule has 0 fully saturated rings. The van der Waals surface area contributed by atoms with E-state index in [0.717, 1.165) is 22.6 Å². The van der Waals surface area contributed by atoms with Gasteiger partial charge in [0, 0.05) is 5.56 Å². The second-order valence-corrected chi connectivity index (χ2v) is 4.95. The number of hydrogen-bond acceptors (Lipinski definition) is 3. The summed E-state index contributed by atoms with van der Waals surface area (Å²) in [6.45, 7) is 6.63. The molecule has 108 valence electrons. The number of nitriles is 1. The lowest BCUT2D eigenvalue weighted by Crippen LogP contribution is -2.10. The third-order valence-corrected chi connectivity index (χ3v) is 3.44. The quantitative estimate of drug-likeness (QED) is 0.880. The Morgan fingerprint density at radius 2 is 1.95 bits per heavy atom. The smallest absolute Gasteiger partial charge is 0.124 e. The van der Waals surface area contributed by atoms with Crippen molar-refractivity contribution in [3.05, 3.63) is 59.2 Å². The van der Waals surface area contributed by atoms with Crippen molar-refractivity contribution in [1.29, 1.82) is 5.26 Å². The summed E-state index contributed by atoms with van der Waals surface area (Å²) in [6.07, 6.45) is 0. The molecule has 0 aliphatic carbocycles. The molecule has 0 aliphatic heterocycles. The zero-order valence-corrected chi connectivity index (χ0v) is 12.7. The van der Waals surface area contributed by atoms with Crippen LogP contribution in [0.5, 0.6) is 5.75 Å². The first kappa shape index (κ1) is 14.9. The molecule has 2 rings (SSSR count). The van der Waals surface area contributed by atoms with E-state index in [0.29, 0.717) is 12.2 Å². The van der Waals surface area contributed by atoms with Crippen LogP contribution < -0.4 is 10.1 Å². The highest BCUT2D eigenvalue weighted by Crippen LogP contribution is 2.29. The largest absolute Gasteiger partial charge is 0.494 e. The van der Waals surface area contributed by atoms with Gasteiger partial charge in [-0.25, -0.2) is 0 Å². The highest BCUT2D eigenvalue weighted by Gasteiger charge is 2.13. The highest BCUT2D eigenvalue weighted by atomic mass is 16.5. The van der Waals surface area contributed by atoms with E-state index < -0.39 is 0 Å². The highest BCUT2D eigenvalue weighted by molar-refractivity contribution is 5.61. The average molecular weight is 280 g/mol. The summed E-state index contributed by atoms with van der Waals surface area (Å²) < 4.78 is 5.67. The van der Waals surface area contributed by atoms with Gasteiger partial charge >= 0.3 is 0 Å². The number of hydrogen-bond donors (Lipinski definition) is 1. The third-order valence-electron chi connectivity index (χ3n) is 3.44. The maximum absolute atomic E-state index is 9.31. The van der Waals surface area contributed by atoms with Crippen LogP contribution in [0.2, 0.25) is 0 Å². The van der Waals surface area contributed by atoms with Gasteiger partial charge in [-0.1, -0.05) is 30.3 Å². The van der Waals surface area contributed by atoms with Crippen molar-refractivity contribution < 1.29 is 4.74 Å². The Bertz CT molecular complexity index is 659. The Hall–Kier alpha value is -2.47. The van der Waals surface area contributed by atoms with Crippen LogP contribution in [0.4, 0.5) is 5.69 Å². The number of aryl methyl sites for hydroxylation is 1. The summed E-state index contributed by atoms with van der Waals surface area (Å²) in [4.78, 5) is 0. The van der Waals surface area contributed by atoms with Crippen molar-refractivity contribution in [2.45, 2.75) is 26.8 Å². The van der Waals surface area contributed by atoms with Gasteiger partial charge < -0.3 is 10.1 Å². The number of nitrogens with zero attached hydrogens (tertiary/aromatic N) is 1. The molecule has 0 amide bonds. The fourth-order valence-corrected chi connectivity index (χ4v) is 2.37. The molecule has 0 spiro atoms. The van der Waals surface area contributed by atoms with E-state index in [9.17, 15) is 5.26 Å². The van der Waals surface area contributed by atoms with Crippen molar-refractivity contribution in [2.24, 2.45) is 0 Å². The zero-order chi connectivity index (χ0) is 15.2. The van der Waals surface area contributed by atoms with Crippen molar-refractivity contribution >= 4 is 5.69 Å². The Balaban J connectivity index is 2.29. The number of nitrogens with one attached hydrogen (secondary N) is 1. The zero-order valence-electron chi connectivity index (χ0n) is 12.7. The molecule has 1 unspecified atom stereocenters. The SMILES string of the molecule is CCOc1ccccc1C(C)Nc1cccc(C)c1C#N. The van der Waals surface area contributed by atoms with Crippen LogP contribution in [0.15, 0.2) is 42.5 Å². The predicted molar refractivity (Wildman–Crippen MR) is 85.5 cm³/mol. The van der Waals surface area contributed by atoms with E-state index in [2.05, 4.69) is 18.3 Å². The Morgan fingerprint density at radius 3 is 2.67 bits per heavy atom. The lowest BCUT2D eigenvalue weighted by molar-refractivity contribution is 0.335. The molecule has 3 heteroatoms. The minimum absolute atomic E-state index is 0.0571. The number of para-hydroxylation sites is 1. The van der Waals surface area contributed by atoms with E-state index in [-0.39, 0.29) is 6.04 Å². The Labute approximate surface area is 126 Å². The molecule has 2 aromatic carbocycles. The van der Waals surface area contributed by atoms with Crippen LogP contribution in [0, 0.1) is 18.3 Å². The molecule has 1 atom stereocenters. The van der Waals surface area contributed by atoms with E-state index in [1.165, 1.54) is 0 Å². The van der Waals surface area contributed by atoms with Crippen LogP contribution in [-0.2, 0) is 0 Å². The lowest BCUT2D eigenvalue weighted by atomic mass is 10.0. The Kier molecular flexibility index (Phi) is 4.84. The van der Waals surface area contributed by atoms with Gasteiger partial charge in [0.1, 0.15) is 11.8 Å². The first-order valence-corrected chi connectivity index (χ1v) is 7.15. The number of benzene rings is 2. The molecule has 0 radical (unpaired) electrons. The van der Waals surface area contributed by atoms with Crippen molar-refractivity contribution in [3.63, 3.8) is 0 Å². The molecule has 0 saturated carbocycles. The second kappa shape index (κ2) is 6.81. The molecular formula is C18H20N2O. The van der Waals surface area contributed by atoms with Gasteiger partial charge in [-0.3, -0.25) is 0 Å². The maximum atomic E-state index is 9.31. The van der Waals surface area contributed by atoms with E-state index in [1.54, 1.807) is 0 Å². The monoisotopic (exact) mass is 280 g/mol. The summed E-state index contributed by atoms with van der Waals surface area (Å²) in [6, 6.07) is 16.1. The minimum atomic E-state index is 0.0571. The van der Waals surface area contributed by atoms with Crippen LogP contribution in [0.1, 0.15) is 36.6 Å².